The average Bonchev–Trinajstić information content (AvgIpc) is 3.26. The molecule has 1 amide bonds. The summed E-state index contributed by atoms with van der Waals surface area (Å²) in [6.07, 6.45) is 1.52. The summed E-state index contributed by atoms with van der Waals surface area (Å²) >= 11 is 0. The van der Waals surface area contributed by atoms with Crippen molar-refractivity contribution in [3.8, 4) is 11.5 Å². The Morgan fingerprint density at radius 3 is 2.86 bits per heavy atom. The zero-order chi connectivity index (χ0) is 14.9. The number of nitrogens with one attached hydrogen (secondary N) is 2. The van der Waals surface area contributed by atoms with Crippen LogP contribution >= 0.6 is 0 Å². The van der Waals surface area contributed by atoms with E-state index in [0.29, 0.717) is 17.5 Å². The van der Waals surface area contributed by atoms with Gasteiger partial charge < -0.3 is 13.9 Å². The highest BCUT2D eigenvalue weighted by molar-refractivity contribution is 6.02. The fourth-order valence-electron chi connectivity index (χ4n) is 2.10. The Hall–Kier alpha value is -3.35. The van der Waals surface area contributed by atoms with E-state index in [2.05, 4.69) is 20.4 Å². The largest absolute Gasteiger partial charge is 0.461 e. The molecule has 0 fully saturated rings. The summed E-state index contributed by atoms with van der Waals surface area (Å²) in [5.74, 6) is 0.837. The smallest absolute Gasteiger partial charge is 0.280 e. The van der Waals surface area contributed by atoms with Gasteiger partial charge in [0.05, 0.1) is 17.3 Å². The highest BCUT2D eigenvalue weighted by atomic mass is 16.5. The molecule has 0 bridgehead atoms. The predicted octanol–water partition coefficient (Wildman–Crippen LogP) is 3.06. The lowest BCUT2D eigenvalue weighted by Crippen LogP contribution is -2.13. The minimum absolute atomic E-state index is 0.145. The van der Waals surface area contributed by atoms with Crippen molar-refractivity contribution in [1.29, 1.82) is 0 Å². The maximum absolute atomic E-state index is 12.1. The van der Waals surface area contributed by atoms with Crippen molar-refractivity contribution in [2.45, 2.75) is 0 Å². The van der Waals surface area contributed by atoms with Gasteiger partial charge >= 0.3 is 0 Å². The Labute approximate surface area is 123 Å². The van der Waals surface area contributed by atoms with Gasteiger partial charge in [-0.1, -0.05) is 17.3 Å². The molecule has 0 saturated carbocycles. The number of amides is 1. The molecule has 7 nitrogen and oxygen atoms in total. The molecule has 1 aromatic carbocycles. The normalized spacial score (nSPS) is 10.9. The van der Waals surface area contributed by atoms with Crippen molar-refractivity contribution in [1.82, 2.24) is 15.1 Å². The molecule has 0 saturated heterocycles. The average molecular weight is 294 g/mol. The maximum Gasteiger partial charge on any atom is 0.280 e. The number of carbonyl (C=O) groups excluding carboxylic acids is 1. The first-order chi connectivity index (χ1) is 10.8. The van der Waals surface area contributed by atoms with Crippen molar-refractivity contribution >= 4 is 22.9 Å². The van der Waals surface area contributed by atoms with Crippen molar-refractivity contribution < 1.29 is 13.7 Å². The number of H-pyrrole nitrogens is 1. The minimum Gasteiger partial charge on any atom is -0.461 e. The van der Waals surface area contributed by atoms with Gasteiger partial charge in [0.15, 0.2) is 11.5 Å². The number of imidazole rings is 1. The summed E-state index contributed by atoms with van der Waals surface area (Å²) in [4.78, 5) is 19.4. The second-order valence-electron chi connectivity index (χ2n) is 4.61. The van der Waals surface area contributed by atoms with Crippen molar-refractivity contribution in [2.75, 3.05) is 5.32 Å². The first-order valence-corrected chi connectivity index (χ1v) is 6.56. The van der Waals surface area contributed by atoms with Crippen LogP contribution in [0.3, 0.4) is 0 Å². The van der Waals surface area contributed by atoms with Crippen LogP contribution in [0.1, 0.15) is 10.5 Å². The fourth-order valence-corrected chi connectivity index (χ4v) is 2.10. The van der Waals surface area contributed by atoms with Gasteiger partial charge in [-0.2, -0.15) is 0 Å². The van der Waals surface area contributed by atoms with Gasteiger partial charge in [0.1, 0.15) is 0 Å². The van der Waals surface area contributed by atoms with Gasteiger partial charge in [0.2, 0.25) is 11.7 Å². The Morgan fingerprint density at radius 1 is 1.14 bits per heavy atom. The summed E-state index contributed by atoms with van der Waals surface area (Å²) in [5.41, 5.74) is 1.76. The van der Waals surface area contributed by atoms with Gasteiger partial charge in [-0.3, -0.25) is 10.1 Å². The molecule has 0 aliphatic carbocycles. The number of aromatic nitrogens is 3. The van der Waals surface area contributed by atoms with Gasteiger partial charge in [-0.15, -0.1) is 0 Å². The van der Waals surface area contributed by atoms with E-state index >= 15 is 0 Å². The van der Waals surface area contributed by atoms with Crippen LogP contribution < -0.4 is 5.32 Å². The Bertz CT molecular complexity index is 904. The molecule has 0 radical (unpaired) electrons. The second kappa shape index (κ2) is 4.88. The second-order valence-corrected chi connectivity index (χ2v) is 4.61. The number of furan rings is 1. The summed E-state index contributed by atoms with van der Waals surface area (Å²) in [7, 11) is 0. The number of rotatable bonds is 3. The van der Waals surface area contributed by atoms with E-state index in [0.717, 1.165) is 11.0 Å². The molecule has 7 heteroatoms. The molecule has 0 aliphatic heterocycles. The third kappa shape index (κ3) is 2.14. The number of hydrogen-bond acceptors (Lipinski definition) is 5. The van der Waals surface area contributed by atoms with Crippen LogP contribution in [0.4, 0.5) is 5.95 Å². The number of hydrogen-bond donors (Lipinski definition) is 2. The van der Waals surface area contributed by atoms with Crippen LogP contribution in [0.2, 0.25) is 0 Å². The fraction of sp³-hybridized carbons (Fsp3) is 0. The molecule has 108 valence electrons. The van der Waals surface area contributed by atoms with Gasteiger partial charge in [-0.25, -0.2) is 4.98 Å². The molecule has 22 heavy (non-hydrogen) atoms. The maximum atomic E-state index is 12.1. The Kier molecular flexibility index (Phi) is 2.75. The van der Waals surface area contributed by atoms with Crippen LogP contribution in [0.25, 0.3) is 22.6 Å². The quantitative estimate of drug-likeness (QED) is 0.605. The van der Waals surface area contributed by atoms with Crippen molar-refractivity contribution in [2.24, 2.45) is 0 Å². The van der Waals surface area contributed by atoms with Gasteiger partial charge in [-0.05, 0) is 24.3 Å². The third-order valence-corrected chi connectivity index (χ3v) is 3.13. The summed E-state index contributed by atoms with van der Waals surface area (Å²) < 4.78 is 10.3. The van der Waals surface area contributed by atoms with Crippen LogP contribution in [0.15, 0.2) is 57.7 Å². The van der Waals surface area contributed by atoms with Crippen LogP contribution in [0.5, 0.6) is 0 Å². The summed E-state index contributed by atoms with van der Waals surface area (Å²) in [6.45, 7) is 0. The molecule has 0 spiro atoms. The lowest BCUT2D eigenvalue weighted by atomic mass is 10.3. The first kappa shape index (κ1) is 12.4. The number of benzene rings is 1. The van der Waals surface area contributed by atoms with Crippen LogP contribution in [-0.2, 0) is 0 Å². The van der Waals surface area contributed by atoms with Crippen LogP contribution in [0, 0.1) is 0 Å². The number of nitrogens with zero attached hydrogens (tertiary/aromatic N) is 2. The Morgan fingerprint density at radius 2 is 2.05 bits per heavy atom. The van der Waals surface area contributed by atoms with Crippen molar-refractivity contribution in [3.05, 3.63) is 54.4 Å². The molecule has 4 rings (SSSR count). The SMILES string of the molecule is O=C(Nc1nc2ccccc2[nH]1)c1cc(-c2ccco2)on1. The molecule has 4 aromatic rings. The number of aromatic amines is 1. The van der Waals surface area contributed by atoms with E-state index in [4.69, 9.17) is 8.94 Å². The van der Waals surface area contributed by atoms with E-state index in [-0.39, 0.29) is 5.69 Å². The lowest BCUT2D eigenvalue weighted by Gasteiger charge is -1.96. The molecule has 0 atom stereocenters. The summed E-state index contributed by atoms with van der Waals surface area (Å²) in [5, 5.41) is 6.38. The van der Waals surface area contributed by atoms with Crippen molar-refractivity contribution in [3.63, 3.8) is 0 Å². The predicted molar refractivity (Wildman–Crippen MR) is 78.3 cm³/mol. The molecule has 3 aromatic heterocycles. The van der Waals surface area contributed by atoms with E-state index in [9.17, 15) is 4.79 Å². The summed E-state index contributed by atoms with van der Waals surface area (Å²) in [6, 6.07) is 12.5. The number of fused-ring (bicyclic) bond motifs is 1. The zero-order valence-corrected chi connectivity index (χ0v) is 11.2. The van der Waals surface area contributed by atoms with Crippen LogP contribution in [-0.4, -0.2) is 21.0 Å². The number of para-hydroxylation sites is 2. The molecule has 0 unspecified atom stereocenters. The highest BCUT2D eigenvalue weighted by Crippen LogP contribution is 2.21. The molecular formula is C15H10N4O3. The van der Waals surface area contributed by atoms with E-state index < -0.39 is 5.91 Å². The van der Waals surface area contributed by atoms with E-state index in [1.165, 1.54) is 12.3 Å². The van der Waals surface area contributed by atoms with E-state index in [1.807, 2.05) is 24.3 Å². The molecule has 3 heterocycles. The molecule has 2 N–H and O–H groups in total. The minimum atomic E-state index is -0.416. The number of anilines is 1. The first-order valence-electron chi connectivity index (χ1n) is 6.56. The zero-order valence-electron chi connectivity index (χ0n) is 11.2. The van der Waals surface area contributed by atoms with Gasteiger partial charge in [0.25, 0.3) is 5.91 Å². The third-order valence-electron chi connectivity index (χ3n) is 3.13. The van der Waals surface area contributed by atoms with E-state index in [1.54, 1.807) is 12.1 Å². The lowest BCUT2D eigenvalue weighted by molar-refractivity contribution is 0.101. The topological polar surface area (TPSA) is 97.0 Å². The molecule has 0 aliphatic rings. The Balaban J connectivity index is 1.57. The monoisotopic (exact) mass is 294 g/mol. The standard InChI is InChI=1S/C15H10N4O3/c20-14(11-8-13(22-19-11)12-6-3-7-21-12)18-15-16-9-4-1-2-5-10(9)17-15/h1-8H,(H2,16,17,18,20). The number of carbonyl (C=O) groups is 1. The highest BCUT2D eigenvalue weighted by Gasteiger charge is 2.16. The van der Waals surface area contributed by atoms with Gasteiger partial charge in [0, 0.05) is 6.07 Å². The molecular weight excluding hydrogens is 284 g/mol.